The maximum atomic E-state index is 10.7. The summed E-state index contributed by atoms with van der Waals surface area (Å²) in [5.74, 6) is 0. The minimum Gasteiger partial charge on any atom is -0.258 e. The summed E-state index contributed by atoms with van der Waals surface area (Å²) in [6, 6.07) is 14.5. The van der Waals surface area contributed by atoms with Gasteiger partial charge in [0.05, 0.1) is 4.92 Å². The molecule has 0 bridgehead atoms. The van der Waals surface area contributed by atoms with Crippen LogP contribution < -0.4 is 0 Å². The van der Waals surface area contributed by atoms with Crippen molar-refractivity contribution in [2.24, 2.45) is 0 Å². The molecule has 0 saturated carbocycles. The van der Waals surface area contributed by atoms with Crippen LogP contribution in [0.2, 0.25) is 0 Å². The Labute approximate surface area is 106 Å². The first-order valence-corrected chi connectivity index (χ1v) is 5.75. The van der Waals surface area contributed by atoms with Gasteiger partial charge in [-0.25, -0.2) is 0 Å². The molecule has 0 fully saturated rings. The molecule has 16 heavy (non-hydrogen) atoms. The molecule has 4 heteroatoms. The zero-order valence-electron chi connectivity index (χ0n) is 8.26. The third-order valence-corrected chi connectivity index (χ3v) is 2.89. The monoisotopic (exact) mass is 325 g/mol. The molecule has 0 spiro atoms. The summed E-state index contributed by atoms with van der Waals surface area (Å²) >= 11 is 2.22. The van der Waals surface area contributed by atoms with Gasteiger partial charge in [-0.3, -0.25) is 10.1 Å². The van der Waals surface area contributed by atoms with Crippen LogP contribution in [0.1, 0.15) is 0 Å². The molecule has 2 rings (SSSR count). The Morgan fingerprint density at radius 2 is 1.62 bits per heavy atom. The molecule has 0 aliphatic heterocycles. The Morgan fingerprint density at radius 1 is 1.00 bits per heavy atom. The summed E-state index contributed by atoms with van der Waals surface area (Å²) in [6.07, 6.45) is 0. The topological polar surface area (TPSA) is 43.1 Å². The highest BCUT2D eigenvalue weighted by Crippen LogP contribution is 2.24. The van der Waals surface area contributed by atoms with Crippen molar-refractivity contribution in [3.05, 3.63) is 62.2 Å². The van der Waals surface area contributed by atoms with E-state index < -0.39 is 0 Å². The second-order valence-corrected chi connectivity index (χ2v) is 4.56. The fraction of sp³-hybridized carbons (Fsp3) is 0. The summed E-state index contributed by atoms with van der Waals surface area (Å²) in [5, 5.41) is 10.7. The molecule has 0 N–H and O–H groups in total. The van der Waals surface area contributed by atoms with E-state index in [-0.39, 0.29) is 10.6 Å². The second kappa shape index (κ2) is 4.61. The number of nitro groups is 1. The quantitative estimate of drug-likeness (QED) is 0.478. The van der Waals surface area contributed by atoms with E-state index in [1.54, 1.807) is 12.1 Å². The number of nitrogens with zero attached hydrogens (tertiary/aromatic N) is 1. The fourth-order valence-electron chi connectivity index (χ4n) is 1.47. The summed E-state index contributed by atoms with van der Waals surface area (Å²) in [6.45, 7) is 0. The number of hydrogen-bond acceptors (Lipinski definition) is 2. The van der Waals surface area contributed by atoms with E-state index in [2.05, 4.69) is 22.6 Å². The average molecular weight is 325 g/mol. The molecule has 0 radical (unpaired) electrons. The van der Waals surface area contributed by atoms with Crippen LogP contribution in [-0.4, -0.2) is 4.92 Å². The van der Waals surface area contributed by atoms with Crippen molar-refractivity contribution in [1.29, 1.82) is 0 Å². The smallest absolute Gasteiger partial charge is 0.258 e. The molecule has 0 aromatic heterocycles. The summed E-state index contributed by atoms with van der Waals surface area (Å²) in [5.41, 5.74) is 1.99. The molecule has 80 valence electrons. The van der Waals surface area contributed by atoms with E-state index >= 15 is 0 Å². The van der Waals surface area contributed by atoms with Gasteiger partial charge in [0.25, 0.3) is 5.69 Å². The van der Waals surface area contributed by atoms with Crippen LogP contribution in [0.3, 0.4) is 0 Å². The van der Waals surface area contributed by atoms with E-state index in [1.165, 1.54) is 6.07 Å². The van der Waals surface area contributed by atoms with Gasteiger partial charge in [-0.15, -0.1) is 0 Å². The molecule has 3 nitrogen and oxygen atoms in total. The van der Waals surface area contributed by atoms with Crippen LogP contribution in [0.5, 0.6) is 0 Å². The Kier molecular flexibility index (Phi) is 3.19. The molecular weight excluding hydrogens is 317 g/mol. The highest BCUT2D eigenvalue weighted by molar-refractivity contribution is 14.1. The Morgan fingerprint density at radius 3 is 2.25 bits per heavy atom. The predicted molar refractivity (Wildman–Crippen MR) is 71.2 cm³/mol. The SMILES string of the molecule is O=[N+]([O-])c1cccc(-c2cccc(I)c2)c1. The standard InChI is InChI=1S/C12H8INO2/c13-11-5-1-3-9(7-11)10-4-2-6-12(8-10)14(15)16/h1-8H. The largest absolute Gasteiger partial charge is 0.270 e. The van der Waals surface area contributed by atoms with Crippen LogP contribution >= 0.6 is 22.6 Å². The molecule has 0 atom stereocenters. The molecule has 0 heterocycles. The predicted octanol–water partition coefficient (Wildman–Crippen LogP) is 3.87. The average Bonchev–Trinajstić information content (AvgIpc) is 2.29. The van der Waals surface area contributed by atoms with Crippen LogP contribution in [0.25, 0.3) is 11.1 Å². The van der Waals surface area contributed by atoms with Crippen molar-refractivity contribution in [2.75, 3.05) is 0 Å². The van der Waals surface area contributed by atoms with Crippen LogP contribution in [0.4, 0.5) is 5.69 Å². The van der Waals surface area contributed by atoms with Crippen molar-refractivity contribution >= 4 is 28.3 Å². The lowest BCUT2D eigenvalue weighted by Crippen LogP contribution is -1.88. The number of benzene rings is 2. The van der Waals surface area contributed by atoms with E-state index in [1.807, 2.05) is 30.3 Å². The number of hydrogen-bond donors (Lipinski definition) is 0. The molecule has 0 aliphatic carbocycles. The molecule has 0 amide bonds. The highest BCUT2D eigenvalue weighted by Gasteiger charge is 2.06. The molecule has 2 aromatic carbocycles. The first-order chi connectivity index (χ1) is 7.66. The van der Waals surface area contributed by atoms with Gasteiger partial charge >= 0.3 is 0 Å². The minimum atomic E-state index is -0.378. The Balaban J connectivity index is 2.48. The van der Waals surface area contributed by atoms with Crippen molar-refractivity contribution in [3.63, 3.8) is 0 Å². The van der Waals surface area contributed by atoms with Gasteiger partial charge < -0.3 is 0 Å². The fourth-order valence-corrected chi connectivity index (χ4v) is 2.01. The molecular formula is C12H8INO2. The van der Waals surface area contributed by atoms with Crippen molar-refractivity contribution in [2.45, 2.75) is 0 Å². The van der Waals surface area contributed by atoms with E-state index in [0.717, 1.165) is 14.7 Å². The number of halogens is 1. The minimum absolute atomic E-state index is 0.122. The number of non-ortho nitro benzene ring substituents is 1. The number of nitro benzene ring substituents is 1. The van der Waals surface area contributed by atoms with Crippen LogP contribution in [0.15, 0.2) is 48.5 Å². The molecule has 2 aromatic rings. The van der Waals surface area contributed by atoms with Crippen molar-refractivity contribution in [3.8, 4) is 11.1 Å². The molecule has 0 saturated heterocycles. The Bertz CT molecular complexity index is 540. The van der Waals surface area contributed by atoms with Gasteiger partial charge in [0.1, 0.15) is 0 Å². The maximum absolute atomic E-state index is 10.7. The third-order valence-electron chi connectivity index (χ3n) is 2.21. The van der Waals surface area contributed by atoms with E-state index in [0.29, 0.717) is 0 Å². The van der Waals surface area contributed by atoms with Gasteiger partial charge in [-0.2, -0.15) is 0 Å². The first kappa shape index (κ1) is 11.1. The highest BCUT2D eigenvalue weighted by atomic mass is 127. The van der Waals surface area contributed by atoms with E-state index in [9.17, 15) is 10.1 Å². The van der Waals surface area contributed by atoms with Crippen molar-refractivity contribution < 1.29 is 4.92 Å². The van der Waals surface area contributed by atoms with Gasteiger partial charge in [-0.1, -0.05) is 24.3 Å². The van der Waals surface area contributed by atoms with Gasteiger partial charge in [0.15, 0.2) is 0 Å². The lowest BCUT2D eigenvalue weighted by atomic mass is 10.1. The van der Waals surface area contributed by atoms with Crippen LogP contribution in [0, 0.1) is 13.7 Å². The second-order valence-electron chi connectivity index (χ2n) is 3.32. The lowest BCUT2D eigenvalue weighted by Gasteiger charge is -2.01. The van der Waals surface area contributed by atoms with Crippen molar-refractivity contribution in [1.82, 2.24) is 0 Å². The van der Waals surface area contributed by atoms with Gasteiger partial charge in [0, 0.05) is 15.7 Å². The lowest BCUT2D eigenvalue weighted by molar-refractivity contribution is -0.384. The third kappa shape index (κ3) is 2.38. The zero-order chi connectivity index (χ0) is 11.5. The molecule has 0 aliphatic rings. The van der Waals surface area contributed by atoms with Gasteiger partial charge in [0.2, 0.25) is 0 Å². The first-order valence-electron chi connectivity index (χ1n) is 4.67. The van der Waals surface area contributed by atoms with Crippen LogP contribution in [-0.2, 0) is 0 Å². The van der Waals surface area contributed by atoms with Gasteiger partial charge in [-0.05, 0) is 45.9 Å². The maximum Gasteiger partial charge on any atom is 0.270 e. The number of rotatable bonds is 2. The van der Waals surface area contributed by atoms with E-state index in [4.69, 9.17) is 0 Å². The summed E-state index contributed by atoms with van der Waals surface area (Å²) in [7, 11) is 0. The summed E-state index contributed by atoms with van der Waals surface area (Å²) in [4.78, 5) is 10.3. The Hall–Kier alpha value is -1.43. The molecule has 0 unspecified atom stereocenters. The summed E-state index contributed by atoms with van der Waals surface area (Å²) < 4.78 is 1.11. The zero-order valence-corrected chi connectivity index (χ0v) is 10.4. The normalized spacial score (nSPS) is 10.1.